The van der Waals surface area contributed by atoms with Gasteiger partial charge in [0.2, 0.25) is 0 Å². The van der Waals surface area contributed by atoms with Crippen LogP contribution >= 0.6 is 0 Å². The highest BCUT2D eigenvalue weighted by molar-refractivity contribution is 5.06. The van der Waals surface area contributed by atoms with Crippen LogP contribution in [-0.4, -0.2) is 0 Å². The summed E-state index contributed by atoms with van der Waals surface area (Å²) in [5.74, 6) is 0. The highest BCUT2D eigenvalue weighted by atomic mass is 14.0. The maximum absolute atomic E-state index is 2.41. The van der Waals surface area contributed by atoms with Crippen LogP contribution in [0.25, 0.3) is 0 Å². The average molecular weight is 321 g/mol. The van der Waals surface area contributed by atoms with E-state index < -0.39 is 0 Å². The molecule has 0 spiro atoms. The molecule has 0 nitrogen and oxygen atoms in total. The summed E-state index contributed by atoms with van der Waals surface area (Å²) >= 11 is 0. The topological polar surface area (TPSA) is 0 Å². The summed E-state index contributed by atoms with van der Waals surface area (Å²) in [6, 6.07) is 0. The molecule has 136 valence electrons. The summed E-state index contributed by atoms with van der Waals surface area (Å²) in [6.45, 7) is 6.78. The summed E-state index contributed by atoms with van der Waals surface area (Å²) in [6.07, 6.45) is 29.2. The fourth-order valence-electron chi connectivity index (χ4n) is 3.07. The van der Waals surface area contributed by atoms with Gasteiger partial charge in [0.25, 0.3) is 0 Å². The SMILES string of the molecule is C/C=C(/C/C=C/CCCCCCC)CCCCCCCCCC. The monoisotopic (exact) mass is 320 g/mol. The molecule has 0 aromatic heterocycles. The van der Waals surface area contributed by atoms with Gasteiger partial charge in [-0.1, -0.05) is 108 Å². The lowest BCUT2D eigenvalue weighted by Gasteiger charge is -2.05. The van der Waals surface area contributed by atoms with Gasteiger partial charge in [-0.3, -0.25) is 0 Å². The molecule has 0 unspecified atom stereocenters. The van der Waals surface area contributed by atoms with E-state index >= 15 is 0 Å². The van der Waals surface area contributed by atoms with Crippen LogP contribution < -0.4 is 0 Å². The van der Waals surface area contributed by atoms with Gasteiger partial charge in [0.05, 0.1) is 0 Å². The first-order valence-corrected chi connectivity index (χ1v) is 10.6. The molecule has 0 radical (unpaired) electrons. The van der Waals surface area contributed by atoms with Crippen LogP contribution in [0.1, 0.15) is 124 Å². The van der Waals surface area contributed by atoms with Crippen molar-refractivity contribution < 1.29 is 0 Å². The lowest BCUT2D eigenvalue weighted by Crippen LogP contribution is -1.85. The van der Waals surface area contributed by atoms with E-state index in [1.807, 2.05) is 0 Å². The Kier molecular flexibility index (Phi) is 19.1. The molecule has 0 aromatic rings. The van der Waals surface area contributed by atoms with Gasteiger partial charge in [-0.15, -0.1) is 0 Å². The highest BCUT2D eigenvalue weighted by Gasteiger charge is 1.96. The second-order valence-corrected chi connectivity index (χ2v) is 7.05. The van der Waals surface area contributed by atoms with Crippen LogP contribution in [0.3, 0.4) is 0 Å². The molecule has 0 atom stereocenters. The van der Waals surface area contributed by atoms with E-state index in [0.717, 1.165) is 0 Å². The summed E-state index contributed by atoms with van der Waals surface area (Å²) < 4.78 is 0. The summed E-state index contributed by atoms with van der Waals surface area (Å²) in [5, 5.41) is 0. The van der Waals surface area contributed by atoms with Crippen molar-refractivity contribution in [3.8, 4) is 0 Å². The van der Waals surface area contributed by atoms with E-state index in [1.165, 1.54) is 103 Å². The Morgan fingerprint density at radius 3 is 1.70 bits per heavy atom. The van der Waals surface area contributed by atoms with Gasteiger partial charge < -0.3 is 0 Å². The van der Waals surface area contributed by atoms with Crippen LogP contribution in [0.5, 0.6) is 0 Å². The maximum atomic E-state index is 2.41. The molecule has 0 aliphatic heterocycles. The zero-order chi connectivity index (χ0) is 17.0. The average Bonchev–Trinajstić information content (AvgIpc) is 2.57. The molecular formula is C23H44. The molecule has 0 saturated carbocycles. The van der Waals surface area contributed by atoms with Crippen molar-refractivity contribution in [3.63, 3.8) is 0 Å². The third-order valence-electron chi connectivity index (χ3n) is 4.78. The fraction of sp³-hybridized carbons (Fsp3) is 0.826. The molecule has 0 aromatic carbocycles. The predicted octanol–water partition coefficient (Wildman–Crippen LogP) is 8.77. The zero-order valence-corrected chi connectivity index (χ0v) is 16.5. The van der Waals surface area contributed by atoms with Crippen molar-refractivity contribution in [2.75, 3.05) is 0 Å². The molecule has 0 fully saturated rings. The Hall–Kier alpha value is -0.520. The van der Waals surface area contributed by atoms with Gasteiger partial charge in [0, 0.05) is 0 Å². The van der Waals surface area contributed by atoms with Crippen LogP contribution in [-0.2, 0) is 0 Å². The van der Waals surface area contributed by atoms with Gasteiger partial charge in [-0.2, -0.15) is 0 Å². The minimum Gasteiger partial charge on any atom is -0.0882 e. The van der Waals surface area contributed by atoms with Crippen molar-refractivity contribution in [3.05, 3.63) is 23.8 Å². The first-order chi connectivity index (χ1) is 11.3. The second kappa shape index (κ2) is 19.5. The summed E-state index contributed by atoms with van der Waals surface area (Å²) in [7, 11) is 0. The predicted molar refractivity (Wildman–Crippen MR) is 108 cm³/mol. The third-order valence-corrected chi connectivity index (χ3v) is 4.78. The molecule has 0 aliphatic carbocycles. The minimum absolute atomic E-state index is 1.18. The van der Waals surface area contributed by atoms with Crippen molar-refractivity contribution in [1.29, 1.82) is 0 Å². The molecule has 0 heterocycles. The zero-order valence-electron chi connectivity index (χ0n) is 16.5. The van der Waals surface area contributed by atoms with Crippen molar-refractivity contribution in [2.45, 2.75) is 124 Å². The van der Waals surface area contributed by atoms with Gasteiger partial charge in [-0.25, -0.2) is 0 Å². The second-order valence-electron chi connectivity index (χ2n) is 7.05. The Bertz CT molecular complexity index is 272. The standard InChI is InChI=1S/C23H44/c1-4-7-9-11-13-15-17-19-21-23(6-3)22-20-18-16-14-12-10-8-5-2/h6,17,19H,4-5,7-16,18,20-22H2,1-3H3/b19-17+,23-6-. The molecule has 0 aliphatic rings. The third kappa shape index (κ3) is 17.7. The minimum atomic E-state index is 1.18. The van der Waals surface area contributed by atoms with E-state index in [0.29, 0.717) is 0 Å². The van der Waals surface area contributed by atoms with E-state index in [2.05, 4.69) is 39.0 Å². The fourth-order valence-corrected chi connectivity index (χ4v) is 3.07. The summed E-state index contributed by atoms with van der Waals surface area (Å²) in [5.41, 5.74) is 1.64. The summed E-state index contributed by atoms with van der Waals surface area (Å²) in [4.78, 5) is 0. The first-order valence-electron chi connectivity index (χ1n) is 10.6. The maximum Gasteiger partial charge on any atom is -0.0139 e. The van der Waals surface area contributed by atoms with Crippen molar-refractivity contribution in [2.24, 2.45) is 0 Å². The number of allylic oxidation sites excluding steroid dienone is 4. The molecule has 0 rings (SSSR count). The molecular weight excluding hydrogens is 276 g/mol. The van der Waals surface area contributed by atoms with Gasteiger partial charge in [0.1, 0.15) is 0 Å². The first kappa shape index (κ1) is 22.5. The van der Waals surface area contributed by atoms with E-state index in [-0.39, 0.29) is 0 Å². The molecule has 0 heteroatoms. The Morgan fingerprint density at radius 2 is 1.13 bits per heavy atom. The van der Waals surface area contributed by atoms with E-state index in [1.54, 1.807) is 5.57 Å². The van der Waals surface area contributed by atoms with E-state index in [4.69, 9.17) is 0 Å². The number of rotatable bonds is 17. The van der Waals surface area contributed by atoms with Crippen LogP contribution in [0.15, 0.2) is 23.8 Å². The molecule has 0 N–H and O–H groups in total. The normalized spacial score (nSPS) is 12.4. The molecule has 0 saturated heterocycles. The Morgan fingerprint density at radius 1 is 0.609 bits per heavy atom. The lowest BCUT2D eigenvalue weighted by molar-refractivity contribution is 0.574. The molecule has 0 bridgehead atoms. The van der Waals surface area contributed by atoms with Crippen molar-refractivity contribution >= 4 is 0 Å². The van der Waals surface area contributed by atoms with E-state index in [9.17, 15) is 0 Å². The molecule has 0 amide bonds. The van der Waals surface area contributed by atoms with Crippen LogP contribution in [0.4, 0.5) is 0 Å². The van der Waals surface area contributed by atoms with Crippen LogP contribution in [0.2, 0.25) is 0 Å². The van der Waals surface area contributed by atoms with Gasteiger partial charge >= 0.3 is 0 Å². The Balaban J connectivity index is 3.45. The number of hydrogen-bond acceptors (Lipinski definition) is 0. The smallest absolute Gasteiger partial charge is 0.0139 e. The number of unbranched alkanes of at least 4 members (excludes halogenated alkanes) is 12. The molecule has 23 heavy (non-hydrogen) atoms. The lowest BCUT2D eigenvalue weighted by atomic mass is 10.0. The largest absolute Gasteiger partial charge is 0.0882 e. The van der Waals surface area contributed by atoms with Crippen molar-refractivity contribution in [1.82, 2.24) is 0 Å². The quantitative estimate of drug-likeness (QED) is 0.185. The van der Waals surface area contributed by atoms with Gasteiger partial charge in [0.15, 0.2) is 0 Å². The van der Waals surface area contributed by atoms with Crippen LogP contribution in [0, 0.1) is 0 Å². The highest BCUT2D eigenvalue weighted by Crippen LogP contribution is 2.16. The Labute approximate surface area is 147 Å². The number of hydrogen-bond donors (Lipinski definition) is 0. The van der Waals surface area contributed by atoms with Gasteiger partial charge in [-0.05, 0) is 39.0 Å².